The maximum atomic E-state index is 14.5. The lowest BCUT2D eigenvalue weighted by Crippen LogP contribution is -2.61. The first kappa shape index (κ1) is 66.2. The summed E-state index contributed by atoms with van der Waals surface area (Å²) in [6.45, 7) is 2.14. The Labute approximate surface area is 471 Å². The molecule has 9 amide bonds. The number of amides is 9. The molecule has 0 saturated carbocycles. The van der Waals surface area contributed by atoms with Gasteiger partial charge < -0.3 is 100 Å². The van der Waals surface area contributed by atoms with E-state index in [1.807, 2.05) is 0 Å². The molecule has 2 aromatic heterocycles. The minimum absolute atomic E-state index is 0.0239. The van der Waals surface area contributed by atoms with Gasteiger partial charge in [0, 0.05) is 62.7 Å². The number of aliphatic imine (C=N–C) groups is 1. The van der Waals surface area contributed by atoms with Crippen molar-refractivity contribution in [2.24, 2.45) is 27.9 Å². The highest BCUT2D eigenvalue weighted by Crippen LogP contribution is 2.21. The second-order valence-corrected chi connectivity index (χ2v) is 20.0. The molecule has 0 spiro atoms. The number of aliphatic hydroxyl groups is 2. The molecule has 11 atom stereocenters. The molecular weight excluding hydrogens is 1080 g/mol. The number of carboxylic acid groups (broad SMARTS) is 2. The zero-order valence-electron chi connectivity index (χ0n) is 45.7. The fourth-order valence-corrected chi connectivity index (χ4v) is 9.18. The van der Waals surface area contributed by atoms with Gasteiger partial charge >= 0.3 is 11.9 Å². The van der Waals surface area contributed by atoms with Crippen LogP contribution in [-0.4, -0.2) is 221 Å². The predicted molar refractivity (Wildman–Crippen MR) is 287 cm³/mol. The molecule has 0 bridgehead atoms. The number of rotatable bonds is 34. The molecule has 454 valence electrons. The molecule has 33 nitrogen and oxygen atoms in total. The van der Waals surface area contributed by atoms with Crippen LogP contribution in [-0.2, 0) is 65.6 Å². The van der Waals surface area contributed by atoms with Gasteiger partial charge in [0.05, 0.1) is 24.9 Å². The van der Waals surface area contributed by atoms with Gasteiger partial charge in [0.25, 0.3) is 0 Å². The van der Waals surface area contributed by atoms with Crippen LogP contribution in [0.1, 0.15) is 95.9 Å². The van der Waals surface area contributed by atoms with Gasteiger partial charge in [0.1, 0.15) is 60.9 Å². The zero-order valence-corrected chi connectivity index (χ0v) is 45.7. The van der Waals surface area contributed by atoms with Crippen LogP contribution >= 0.6 is 0 Å². The molecule has 4 rings (SSSR count). The van der Waals surface area contributed by atoms with E-state index in [0.29, 0.717) is 25.0 Å². The number of aromatic nitrogens is 4. The van der Waals surface area contributed by atoms with Gasteiger partial charge in [-0.15, -0.1) is 0 Å². The van der Waals surface area contributed by atoms with Crippen molar-refractivity contribution < 1.29 is 73.2 Å². The summed E-state index contributed by atoms with van der Waals surface area (Å²) < 4.78 is 0. The minimum Gasteiger partial charge on any atom is -0.481 e. The number of nitrogens with one attached hydrogen (secondary N) is 9. The monoisotopic (exact) mass is 1160 g/mol. The van der Waals surface area contributed by atoms with Gasteiger partial charge in [0.15, 0.2) is 5.96 Å². The van der Waals surface area contributed by atoms with Gasteiger partial charge in [0.2, 0.25) is 53.2 Å². The van der Waals surface area contributed by atoms with Gasteiger partial charge in [-0.25, -0.2) is 9.97 Å². The normalized spacial score (nSPS) is 18.2. The number of nitrogens with two attached hydrogens (primary N) is 4. The van der Waals surface area contributed by atoms with E-state index < -0.39 is 151 Å². The number of aromatic amines is 2. The van der Waals surface area contributed by atoms with E-state index in [1.165, 1.54) is 43.8 Å². The van der Waals surface area contributed by atoms with E-state index in [0.717, 1.165) is 4.90 Å². The first-order chi connectivity index (χ1) is 38.9. The summed E-state index contributed by atoms with van der Waals surface area (Å²) in [6.07, 6.45) is 2.29. The molecule has 2 fully saturated rings. The smallest absolute Gasteiger partial charge is 0.322 e. The average Bonchev–Trinajstić information content (AvgIpc) is 4.43. The number of carbonyl (C=O) groups is 11. The quantitative estimate of drug-likeness (QED) is 0.0176. The Morgan fingerprint density at radius 3 is 1.59 bits per heavy atom. The Balaban J connectivity index is 1.61. The Morgan fingerprint density at radius 2 is 1.11 bits per heavy atom. The molecule has 0 aliphatic carbocycles. The van der Waals surface area contributed by atoms with Crippen molar-refractivity contribution in [2.75, 3.05) is 32.7 Å². The molecule has 82 heavy (non-hydrogen) atoms. The van der Waals surface area contributed by atoms with Gasteiger partial charge in [-0.1, -0.05) is 0 Å². The summed E-state index contributed by atoms with van der Waals surface area (Å²) >= 11 is 0. The Hall–Kier alpha value is -8.30. The summed E-state index contributed by atoms with van der Waals surface area (Å²) in [6, 6.07) is -12.9. The highest BCUT2D eigenvalue weighted by molar-refractivity contribution is 5.99. The predicted octanol–water partition coefficient (Wildman–Crippen LogP) is -6.85. The van der Waals surface area contributed by atoms with E-state index in [1.54, 1.807) is 0 Å². The fraction of sp³-hybridized carbons (Fsp3) is 0.633. The number of aliphatic carboxylic acids is 2. The average molecular weight is 1160 g/mol. The number of carbonyl (C=O) groups excluding carboxylic acids is 9. The third-order valence-corrected chi connectivity index (χ3v) is 13.6. The number of imidazole rings is 2. The van der Waals surface area contributed by atoms with E-state index >= 15 is 0 Å². The Bertz CT molecular complexity index is 2530. The first-order valence-corrected chi connectivity index (χ1v) is 26.9. The van der Waals surface area contributed by atoms with Crippen molar-refractivity contribution in [3.05, 3.63) is 36.4 Å². The van der Waals surface area contributed by atoms with Crippen molar-refractivity contribution in [3.8, 4) is 0 Å². The van der Waals surface area contributed by atoms with Crippen LogP contribution < -0.4 is 60.2 Å². The zero-order chi connectivity index (χ0) is 60.6. The molecule has 2 aromatic rings. The van der Waals surface area contributed by atoms with Crippen molar-refractivity contribution in [1.29, 1.82) is 0 Å². The third kappa shape index (κ3) is 20.7. The molecule has 2 aliphatic heterocycles. The molecule has 2 saturated heterocycles. The maximum Gasteiger partial charge on any atom is 0.322 e. The van der Waals surface area contributed by atoms with E-state index in [2.05, 4.69) is 62.1 Å². The van der Waals surface area contributed by atoms with Gasteiger partial charge in [-0.2, -0.15) is 0 Å². The van der Waals surface area contributed by atoms with E-state index in [9.17, 15) is 68.1 Å². The second-order valence-electron chi connectivity index (χ2n) is 20.0. The van der Waals surface area contributed by atoms with Crippen LogP contribution in [0.5, 0.6) is 0 Å². The number of aliphatic hydroxyl groups excluding tert-OH is 2. The summed E-state index contributed by atoms with van der Waals surface area (Å²) in [5, 5.41) is 57.1. The molecule has 0 unspecified atom stereocenters. The first-order valence-electron chi connectivity index (χ1n) is 26.9. The minimum atomic E-state index is -1.71. The van der Waals surface area contributed by atoms with Crippen LogP contribution in [0.4, 0.5) is 0 Å². The molecule has 4 heterocycles. The second kappa shape index (κ2) is 32.8. The summed E-state index contributed by atoms with van der Waals surface area (Å²) in [5.74, 6) is -11.0. The summed E-state index contributed by atoms with van der Waals surface area (Å²) in [7, 11) is 0. The Kier molecular flexibility index (Phi) is 26.5. The van der Waals surface area contributed by atoms with Crippen molar-refractivity contribution in [2.45, 2.75) is 164 Å². The van der Waals surface area contributed by atoms with Crippen LogP contribution in [0, 0.1) is 0 Å². The number of hydrogen-bond donors (Lipinski definition) is 17. The van der Waals surface area contributed by atoms with Crippen LogP contribution in [0.2, 0.25) is 0 Å². The van der Waals surface area contributed by atoms with Crippen molar-refractivity contribution in [1.82, 2.24) is 67.0 Å². The van der Waals surface area contributed by atoms with Gasteiger partial charge in [-0.3, -0.25) is 57.7 Å². The number of likely N-dealkylation sites (tertiary alicyclic amines) is 2. The lowest BCUT2D eigenvalue weighted by atomic mass is 10.0. The van der Waals surface area contributed by atoms with Crippen LogP contribution in [0.15, 0.2) is 30.0 Å². The summed E-state index contributed by atoms with van der Waals surface area (Å²) in [5.41, 5.74) is 23.4. The molecular formula is C49H78N18O15. The van der Waals surface area contributed by atoms with Crippen molar-refractivity contribution in [3.63, 3.8) is 0 Å². The SMILES string of the molecule is C[C@@H](O)[C@H](N)C(=O)N1CCC[C@H]1C(=O)N[C@@H](Cc1cnc[nH]1)C(=O)N[C@@H](CCCN=C(N)N)C(=O)N[C@@H](Cc1cnc[nH]1)C(=O)N[C@@H](CCC(=O)O)C(=O)N[C@@H](CCCCN)C(=O)N[C@H](C(=O)N1CCC[C@H]1C(=O)NCC(=O)O)[C@@H](C)O. The lowest BCUT2D eigenvalue weighted by molar-refractivity contribution is -0.145. The number of hydrogen-bond acceptors (Lipinski definition) is 18. The number of nitrogens with zero attached hydrogens (tertiary/aromatic N) is 5. The van der Waals surface area contributed by atoms with E-state index in [-0.39, 0.29) is 89.2 Å². The standard InChI is InChI=1S/C49H78N18O15/c1-25(68)38(51)47(81)66-16-7-11-35(66)46(80)64-33(19-28-21-55-24-59-28)44(78)61-30(9-5-15-56-49(52)53)40(74)63-32(18-27-20-54-23-58-27)43(77)62-31(12-13-36(70)71)41(75)60-29(8-3-4-14-50)42(76)65-39(26(2)69)48(82)67-17-6-10-34(67)45(79)57-22-37(72)73/h20-21,23-26,29-35,38-39,68-69H,3-19,22,50-51H2,1-2H3,(H,54,58)(H,55,59)(H,57,79)(H,60,75)(H,61,78)(H,62,77)(H,63,74)(H,64,80)(H,65,76)(H,70,71)(H,72,73)(H4,52,53,56)/t25-,26-,29+,30+,31+,32+,33+,34+,35+,38+,39+/m1/s1. The fourth-order valence-electron chi connectivity index (χ4n) is 9.18. The summed E-state index contributed by atoms with van der Waals surface area (Å²) in [4.78, 5) is 168. The maximum absolute atomic E-state index is 14.5. The molecule has 2 aliphatic rings. The highest BCUT2D eigenvalue weighted by Gasteiger charge is 2.42. The highest BCUT2D eigenvalue weighted by atomic mass is 16.4. The topological polar surface area (TPSA) is 533 Å². The number of unbranched alkanes of at least 4 members (excludes halogenated alkanes) is 1. The van der Waals surface area contributed by atoms with Crippen LogP contribution in [0.3, 0.4) is 0 Å². The van der Waals surface area contributed by atoms with Gasteiger partial charge in [-0.05, 0) is 84.6 Å². The molecule has 33 heteroatoms. The number of carboxylic acids is 2. The molecule has 21 N–H and O–H groups in total. The molecule has 0 aromatic carbocycles. The third-order valence-electron chi connectivity index (χ3n) is 13.6. The van der Waals surface area contributed by atoms with Crippen molar-refractivity contribution >= 4 is 71.1 Å². The largest absolute Gasteiger partial charge is 0.481 e. The lowest BCUT2D eigenvalue weighted by Gasteiger charge is -2.31. The Morgan fingerprint density at radius 1 is 0.634 bits per heavy atom. The molecule has 0 radical (unpaired) electrons. The van der Waals surface area contributed by atoms with E-state index in [4.69, 9.17) is 28.0 Å². The van der Waals surface area contributed by atoms with Crippen LogP contribution in [0.25, 0.3) is 0 Å². The number of guanidine groups is 1. The number of H-pyrrole nitrogens is 2.